The Labute approximate surface area is 180 Å². The zero-order chi connectivity index (χ0) is 22.8. The molecule has 0 radical (unpaired) electrons. The lowest BCUT2D eigenvalue weighted by atomic mass is 9.86. The third-order valence-electron chi connectivity index (χ3n) is 5.15. The molecule has 9 heteroatoms. The number of aromatic amines is 1. The van der Waals surface area contributed by atoms with Crippen LogP contribution in [-0.2, 0) is 24.1 Å². The van der Waals surface area contributed by atoms with Gasteiger partial charge in [0, 0.05) is 6.42 Å². The van der Waals surface area contributed by atoms with E-state index in [-0.39, 0.29) is 13.2 Å². The molecule has 1 N–H and O–H groups in total. The molecule has 1 aliphatic carbocycles. The summed E-state index contributed by atoms with van der Waals surface area (Å²) in [5.41, 5.74) is -0.470. The maximum Gasteiger partial charge on any atom is 0.440 e. The number of H-pyrrole nitrogens is 1. The molecule has 1 aliphatic rings. The fourth-order valence-electron chi connectivity index (χ4n) is 3.61. The highest BCUT2D eigenvalue weighted by Gasteiger charge is 2.35. The number of hydrogen-bond donors (Lipinski definition) is 1. The number of allylic oxidation sites excluding steroid dienone is 2. The van der Waals surface area contributed by atoms with Crippen LogP contribution in [0.5, 0.6) is 0 Å². The summed E-state index contributed by atoms with van der Waals surface area (Å²) in [5, 5.41) is 0. The topological polar surface area (TPSA) is 77.2 Å². The fraction of sp³-hybridized carbons (Fsp3) is 0.217. The Bertz CT molecular complexity index is 1270. The van der Waals surface area contributed by atoms with Crippen molar-refractivity contribution in [2.24, 2.45) is 0 Å². The van der Waals surface area contributed by atoms with Crippen LogP contribution in [0.15, 0.2) is 86.9 Å². The van der Waals surface area contributed by atoms with Crippen molar-refractivity contribution in [2.75, 3.05) is 0 Å². The Kier molecular flexibility index (Phi) is 5.75. The summed E-state index contributed by atoms with van der Waals surface area (Å²) < 4.78 is 51.1. The predicted molar refractivity (Wildman–Crippen MR) is 111 cm³/mol. The van der Waals surface area contributed by atoms with Crippen LogP contribution in [0.25, 0.3) is 5.57 Å². The summed E-state index contributed by atoms with van der Waals surface area (Å²) in [6.07, 6.45) is 1.22. The summed E-state index contributed by atoms with van der Waals surface area (Å²) in [4.78, 5) is 25.5. The third-order valence-corrected chi connectivity index (χ3v) is 5.15. The smallest absolute Gasteiger partial charge is 0.364 e. The Balaban J connectivity index is 1.64. The Hall–Kier alpha value is -3.59. The summed E-state index contributed by atoms with van der Waals surface area (Å²) in [6.45, 7) is -0.274. The second-order valence-electron chi connectivity index (χ2n) is 7.49. The molecule has 2 aromatic carbocycles. The predicted octanol–water partition coefficient (Wildman–Crippen LogP) is 4.15. The third kappa shape index (κ3) is 4.83. The van der Waals surface area contributed by atoms with Crippen molar-refractivity contribution in [3.63, 3.8) is 0 Å². The number of benzene rings is 2. The first-order chi connectivity index (χ1) is 15.2. The van der Waals surface area contributed by atoms with Crippen molar-refractivity contribution < 1.29 is 22.4 Å². The number of rotatable bonds is 6. The number of nitrogens with one attached hydrogen (secondary N) is 1. The molecule has 0 amide bonds. The van der Waals surface area contributed by atoms with Gasteiger partial charge < -0.3 is 9.26 Å². The van der Waals surface area contributed by atoms with E-state index < -0.39 is 28.8 Å². The van der Waals surface area contributed by atoms with E-state index >= 15 is 0 Å². The van der Waals surface area contributed by atoms with Crippen molar-refractivity contribution >= 4 is 5.57 Å². The highest BCUT2D eigenvalue weighted by molar-refractivity contribution is 5.69. The van der Waals surface area contributed by atoms with Gasteiger partial charge in [-0.1, -0.05) is 60.7 Å². The van der Waals surface area contributed by atoms with E-state index in [0.717, 1.165) is 28.0 Å². The first-order valence-corrected chi connectivity index (χ1v) is 9.78. The molecule has 0 saturated heterocycles. The molecule has 4 rings (SSSR count). The lowest BCUT2D eigenvalue weighted by Gasteiger charge is -2.33. The van der Waals surface area contributed by atoms with Crippen molar-refractivity contribution in [1.29, 1.82) is 0 Å². The van der Waals surface area contributed by atoms with Gasteiger partial charge in [-0.05, 0) is 28.8 Å². The molecular weight excluding hydrogens is 425 g/mol. The maximum absolute atomic E-state index is 13.1. The minimum absolute atomic E-state index is 0.135. The first kappa shape index (κ1) is 21.6. The quantitative estimate of drug-likeness (QED) is 0.620. The van der Waals surface area contributed by atoms with Crippen LogP contribution in [-0.4, -0.2) is 15.3 Å². The molecule has 166 valence electrons. The standard InChI is InChI=1S/C23H19F3N2O4/c24-23(25,26)19-10-4-6-16(12-19)14-31-22(15-28-20(29)27-21(30)32-28)11-5-9-18(13-22)17-7-2-1-3-8-17/h1-12H,13-15H2,(H,27,29,30). The minimum atomic E-state index is -4.47. The van der Waals surface area contributed by atoms with Crippen LogP contribution >= 0.6 is 0 Å². The molecule has 32 heavy (non-hydrogen) atoms. The fourth-order valence-corrected chi connectivity index (χ4v) is 3.61. The minimum Gasteiger partial charge on any atom is -0.364 e. The van der Waals surface area contributed by atoms with Crippen molar-refractivity contribution in [1.82, 2.24) is 9.72 Å². The van der Waals surface area contributed by atoms with Crippen LogP contribution in [0.3, 0.4) is 0 Å². The zero-order valence-electron chi connectivity index (χ0n) is 16.8. The number of ether oxygens (including phenoxy) is 1. The molecule has 0 saturated carbocycles. The van der Waals surface area contributed by atoms with Crippen LogP contribution in [0.2, 0.25) is 0 Å². The molecule has 1 heterocycles. The Morgan fingerprint density at radius 3 is 2.56 bits per heavy atom. The average Bonchev–Trinajstić information content (AvgIpc) is 3.09. The molecule has 0 spiro atoms. The van der Waals surface area contributed by atoms with E-state index in [0.29, 0.717) is 12.0 Å². The monoisotopic (exact) mass is 444 g/mol. The van der Waals surface area contributed by atoms with Crippen LogP contribution in [0, 0.1) is 0 Å². The molecule has 0 bridgehead atoms. The number of hydrogen-bond acceptors (Lipinski definition) is 4. The molecule has 1 atom stereocenters. The Morgan fingerprint density at radius 1 is 1.09 bits per heavy atom. The lowest BCUT2D eigenvalue weighted by molar-refractivity contribution is -0.137. The SMILES string of the molecule is O=c1[nH]c(=O)n(CC2(OCc3cccc(C(F)(F)F)c3)C=CC=C(c3ccccc3)C2)o1. The van der Waals surface area contributed by atoms with Gasteiger partial charge in [0.1, 0.15) is 5.60 Å². The zero-order valence-corrected chi connectivity index (χ0v) is 16.8. The molecule has 3 aromatic rings. The summed E-state index contributed by atoms with van der Waals surface area (Å²) in [6, 6.07) is 14.4. The van der Waals surface area contributed by atoms with Crippen LogP contribution in [0.4, 0.5) is 13.2 Å². The summed E-state index contributed by atoms with van der Waals surface area (Å²) in [7, 11) is 0. The second kappa shape index (κ2) is 8.51. The number of aromatic nitrogens is 2. The van der Waals surface area contributed by atoms with Gasteiger partial charge >= 0.3 is 17.6 Å². The number of nitrogens with zero attached hydrogens (tertiary/aromatic N) is 1. The average molecular weight is 444 g/mol. The van der Waals surface area contributed by atoms with Gasteiger partial charge in [-0.15, -0.1) is 4.74 Å². The molecule has 0 aliphatic heterocycles. The largest absolute Gasteiger partial charge is 0.440 e. The molecule has 1 aromatic heterocycles. The van der Waals surface area contributed by atoms with Gasteiger partial charge in [0.05, 0.1) is 18.7 Å². The first-order valence-electron chi connectivity index (χ1n) is 9.78. The molecular formula is C23H19F3N2O4. The highest BCUT2D eigenvalue weighted by Crippen LogP contribution is 2.35. The van der Waals surface area contributed by atoms with E-state index in [2.05, 4.69) is 0 Å². The number of halogens is 3. The van der Waals surface area contributed by atoms with Gasteiger partial charge in [0.15, 0.2) is 0 Å². The van der Waals surface area contributed by atoms with E-state index in [9.17, 15) is 22.8 Å². The van der Waals surface area contributed by atoms with E-state index in [4.69, 9.17) is 9.26 Å². The van der Waals surface area contributed by atoms with Gasteiger partial charge in [-0.2, -0.15) is 13.2 Å². The van der Waals surface area contributed by atoms with Crippen molar-refractivity contribution in [3.05, 3.63) is 111 Å². The highest BCUT2D eigenvalue weighted by atomic mass is 19.4. The van der Waals surface area contributed by atoms with E-state index in [1.54, 1.807) is 12.2 Å². The second-order valence-corrected chi connectivity index (χ2v) is 7.49. The molecule has 1 unspecified atom stereocenters. The molecule has 0 fully saturated rings. The van der Waals surface area contributed by atoms with Gasteiger partial charge in [0.25, 0.3) is 0 Å². The summed E-state index contributed by atoms with van der Waals surface area (Å²) >= 11 is 0. The van der Waals surface area contributed by atoms with Crippen molar-refractivity contribution in [3.8, 4) is 0 Å². The molecule has 6 nitrogen and oxygen atoms in total. The lowest BCUT2D eigenvalue weighted by Crippen LogP contribution is -2.39. The number of alkyl halides is 3. The van der Waals surface area contributed by atoms with E-state index in [1.807, 2.05) is 41.4 Å². The maximum atomic E-state index is 13.1. The van der Waals surface area contributed by atoms with Gasteiger partial charge in [-0.25, -0.2) is 14.6 Å². The van der Waals surface area contributed by atoms with Crippen molar-refractivity contribution in [2.45, 2.75) is 31.3 Å². The normalized spacial score (nSPS) is 18.5. The van der Waals surface area contributed by atoms with Gasteiger partial charge in [-0.3, -0.25) is 0 Å². The van der Waals surface area contributed by atoms with Crippen LogP contribution in [0.1, 0.15) is 23.1 Å². The summed E-state index contributed by atoms with van der Waals surface area (Å²) in [5.74, 6) is -0.901. The van der Waals surface area contributed by atoms with Crippen LogP contribution < -0.4 is 11.4 Å². The van der Waals surface area contributed by atoms with Gasteiger partial charge in [0.2, 0.25) is 0 Å². The Morgan fingerprint density at radius 2 is 1.88 bits per heavy atom. The van der Waals surface area contributed by atoms with E-state index in [1.165, 1.54) is 12.1 Å².